The van der Waals surface area contributed by atoms with E-state index < -0.39 is 5.97 Å². The molecule has 0 amide bonds. The molecule has 0 heterocycles. The first-order chi connectivity index (χ1) is 5.13. The molecule has 0 aliphatic heterocycles. The molecule has 1 N–H and O–H groups in total. The van der Waals surface area contributed by atoms with Crippen LogP contribution in [0.25, 0.3) is 0 Å². The Morgan fingerprint density at radius 3 is 2.64 bits per heavy atom. The van der Waals surface area contributed by atoms with Crippen molar-refractivity contribution in [3.63, 3.8) is 0 Å². The van der Waals surface area contributed by atoms with Crippen molar-refractivity contribution < 1.29 is 19.5 Å². The van der Waals surface area contributed by atoms with Crippen LogP contribution in [-0.2, 0) is 9.53 Å². The summed E-state index contributed by atoms with van der Waals surface area (Å²) in [4.78, 5) is 11.2. The summed E-state index contributed by atoms with van der Waals surface area (Å²) < 4.78 is 4.77. The van der Waals surface area contributed by atoms with Crippen LogP contribution in [0.1, 0.15) is 6.42 Å². The average molecular weight is 161 g/mol. The van der Waals surface area contributed by atoms with Crippen molar-refractivity contribution >= 4 is 5.97 Å². The van der Waals surface area contributed by atoms with E-state index in [0.717, 1.165) is 13.0 Å². The van der Waals surface area contributed by atoms with Crippen LogP contribution in [0.5, 0.6) is 0 Å². The van der Waals surface area contributed by atoms with E-state index in [4.69, 9.17) is 4.74 Å². The molecule has 0 rings (SSSR count). The Morgan fingerprint density at radius 2 is 2.18 bits per heavy atom. The van der Waals surface area contributed by atoms with Crippen molar-refractivity contribution in [1.82, 2.24) is 0 Å². The van der Waals surface area contributed by atoms with Gasteiger partial charge in [-0.2, -0.15) is 0 Å². The number of rotatable bonds is 6. The van der Waals surface area contributed by atoms with Gasteiger partial charge in [-0.25, -0.2) is 0 Å². The maximum absolute atomic E-state index is 9.86. The molecule has 11 heavy (non-hydrogen) atoms. The van der Waals surface area contributed by atoms with Gasteiger partial charge in [-0.05, 0) is 0 Å². The fourth-order valence-corrected chi connectivity index (χ4v) is 0.683. The van der Waals surface area contributed by atoms with Crippen LogP contribution in [0.4, 0.5) is 0 Å². The van der Waals surface area contributed by atoms with Crippen LogP contribution < -0.4 is 10.0 Å². The number of ether oxygens (including phenoxy) is 1. The molecule has 0 aromatic carbocycles. The van der Waals surface area contributed by atoms with E-state index in [9.17, 15) is 9.90 Å². The summed E-state index contributed by atoms with van der Waals surface area (Å²) in [6, 6.07) is 0. The number of carbonyl (C=O) groups is 1. The van der Waals surface area contributed by atoms with E-state index in [2.05, 4.69) is 0 Å². The summed E-state index contributed by atoms with van der Waals surface area (Å²) in [6.07, 6.45) is 0.885. The lowest BCUT2D eigenvalue weighted by molar-refractivity contribution is -0.858. The molecule has 0 atom stereocenters. The second-order valence-corrected chi connectivity index (χ2v) is 2.74. The van der Waals surface area contributed by atoms with E-state index in [1.54, 1.807) is 0 Å². The largest absolute Gasteiger partial charge is 0.548 e. The fourth-order valence-electron chi connectivity index (χ4n) is 0.683. The average Bonchev–Trinajstić information content (AvgIpc) is 1.85. The highest BCUT2D eigenvalue weighted by atomic mass is 16.5. The Morgan fingerprint density at radius 1 is 1.55 bits per heavy atom. The molecule has 0 saturated carbocycles. The number of hydrogen-bond acceptors (Lipinski definition) is 3. The quantitative estimate of drug-likeness (QED) is 0.431. The number of quaternary nitrogens is 1. The SMILES string of the molecule is C[NH+](C)CCCOCC(=O)[O-]. The molecule has 0 aliphatic rings. The molecule has 4 heteroatoms. The van der Waals surface area contributed by atoms with Gasteiger partial charge in [0.1, 0.15) is 0 Å². The van der Waals surface area contributed by atoms with Gasteiger partial charge in [-0.1, -0.05) is 0 Å². The predicted octanol–water partition coefficient (Wildman–Crippen LogP) is -2.71. The molecule has 0 bridgehead atoms. The van der Waals surface area contributed by atoms with Gasteiger partial charge in [0.2, 0.25) is 0 Å². The lowest BCUT2D eigenvalue weighted by Gasteiger charge is -2.07. The monoisotopic (exact) mass is 161 g/mol. The van der Waals surface area contributed by atoms with E-state index in [1.807, 2.05) is 14.1 Å². The zero-order valence-corrected chi connectivity index (χ0v) is 7.05. The normalized spacial score (nSPS) is 10.5. The Hall–Kier alpha value is -0.610. The molecule has 0 radical (unpaired) electrons. The van der Waals surface area contributed by atoms with E-state index in [0.29, 0.717) is 6.61 Å². The first-order valence-corrected chi connectivity index (χ1v) is 3.69. The summed E-state index contributed by atoms with van der Waals surface area (Å²) in [7, 11) is 4.08. The Bertz CT molecular complexity index is 114. The Balaban J connectivity index is 2.97. The second-order valence-electron chi connectivity index (χ2n) is 2.74. The molecular formula is C7H15NO3. The Kier molecular flexibility index (Phi) is 5.78. The summed E-state index contributed by atoms with van der Waals surface area (Å²) >= 11 is 0. The molecular weight excluding hydrogens is 146 g/mol. The number of nitrogens with one attached hydrogen (secondary N) is 1. The van der Waals surface area contributed by atoms with Crippen molar-refractivity contribution in [3.8, 4) is 0 Å². The third-order valence-electron chi connectivity index (χ3n) is 1.19. The van der Waals surface area contributed by atoms with Gasteiger partial charge in [-0.15, -0.1) is 0 Å². The van der Waals surface area contributed by atoms with Crippen LogP contribution in [-0.4, -0.2) is 39.8 Å². The maximum atomic E-state index is 9.86. The number of hydrogen-bond donors (Lipinski definition) is 1. The first kappa shape index (κ1) is 10.4. The minimum atomic E-state index is -1.15. The maximum Gasteiger partial charge on any atom is 0.0861 e. The van der Waals surface area contributed by atoms with Gasteiger partial charge < -0.3 is 19.5 Å². The molecule has 0 aromatic heterocycles. The van der Waals surface area contributed by atoms with E-state index in [1.165, 1.54) is 4.90 Å². The van der Waals surface area contributed by atoms with Gasteiger partial charge in [0.15, 0.2) is 0 Å². The van der Waals surface area contributed by atoms with Crippen LogP contribution in [0.15, 0.2) is 0 Å². The predicted molar refractivity (Wildman–Crippen MR) is 38.1 cm³/mol. The number of carboxylic acids is 1. The zero-order valence-electron chi connectivity index (χ0n) is 7.05. The van der Waals surface area contributed by atoms with Gasteiger partial charge in [0.05, 0.1) is 39.8 Å². The Labute approximate surface area is 66.8 Å². The van der Waals surface area contributed by atoms with Crippen LogP contribution in [0, 0.1) is 0 Å². The standard InChI is InChI=1S/C7H15NO3/c1-8(2)4-3-5-11-6-7(9)10/h3-6H2,1-2H3,(H,9,10). The van der Waals surface area contributed by atoms with Gasteiger partial charge in [-0.3, -0.25) is 0 Å². The molecule has 4 nitrogen and oxygen atoms in total. The van der Waals surface area contributed by atoms with Crippen molar-refractivity contribution in [2.24, 2.45) is 0 Å². The summed E-state index contributed by atoms with van der Waals surface area (Å²) in [5.74, 6) is -1.15. The molecule has 0 saturated heterocycles. The number of carbonyl (C=O) groups excluding carboxylic acids is 1. The molecule has 0 aromatic rings. The van der Waals surface area contributed by atoms with E-state index in [-0.39, 0.29) is 6.61 Å². The highest BCUT2D eigenvalue weighted by molar-refractivity contribution is 5.65. The van der Waals surface area contributed by atoms with Crippen molar-refractivity contribution in [2.75, 3.05) is 33.9 Å². The van der Waals surface area contributed by atoms with Crippen molar-refractivity contribution in [2.45, 2.75) is 6.42 Å². The first-order valence-electron chi connectivity index (χ1n) is 3.69. The highest BCUT2D eigenvalue weighted by Gasteiger charge is 1.93. The van der Waals surface area contributed by atoms with Crippen LogP contribution in [0.3, 0.4) is 0 Å². The second kappa shape index (κ2) is 6.12. The minimum absolute atomic E-state index is 0.289. The number of carboxylic acid groups (broad SMARTS) is 1. The van der Waals surface area contributed by atoms with Gasteiger partial charge in [0.25, 0.3) is 0 Å². The molecule has 0 aliphatic carbocycles. The number of aliphatic carboxylic acids is 1. The van der Waals surface area contributed by atoms with E-state index >= 15 is 0 Å². The zero-order chi connectivity index (χ0) is 8.69. The summed E-state index contributed by atoms with van der Waals surface area (Å²) in [5.41, 5.74) is 0. The van der Waals surface area contributed by atoms with Crippen molar-refractivity contribution in [1.29, 1.82) is 0 Å². The van der Waals surface area contributed by atoms with Gasteiger partial charge in [0, 0.05) is 6.42 Å². The van der Waals surface area contributed by atoms with Crippen LogP contribution in [0.2, 0.25) is 0 Å². The smallest absolute Gasteiger partial charge is 0.0861 e. The fraction of sp³-hybridized carbons (Fsp3) is 0.857. The van der Waals surface area contributed by atoms with Crippen molar-refractivity contribution in [3.05, 3.63) is 0 Å². The molecule has 0 unspecified atom stereocenters. The lowest BCUT2D eigenvalue weighted by atomic mass is 10.4. The summed E-state index contributed by atoms with van der Waals surface area (Å²) in [5, 5.41) is 9.86. The third-order valence-corrected chi connectivity index (χ3v) is 1.19. The molecule has 0 spiro atoms. The molecule has 0 fully saturated rings. The highest BCUT2D eigenvalue weighted by Crippen LogP contribution is 1.77. The minimum Gasteiger partial charge on any atom is -0.548 e. The lowest BCUT2D eigenvalue weighted by Crippen LogP contribution is -3.05. The topological polar surface area (TPSA) is 53.8 Å². The summed E-state index contributed by atoms with van der Waals surface area (Å²) in [6.45, 7) is 1.20. The van der Waals surface area contributed by atoms with Crippen LogP contribution >= 0.6 is 0 Å². The third kappa shape index (κ3) is 9.39. The van der Waals surface area contributed by atoms with Gasteiger partial charge >= 0.3 is 0 Å². The molecule has 66 valence electrons.